The van der Waals surface area contributed by atoms with E-state index < -0.39 is 21.4 Å². The molecule has 0 aliphatic carbocycles. The molecule has 1 aliphatic rings. The second kappa shape index (κ2) is 4.36. The van der Waals surface area contributed by atoms with Crippen molar-refractivity contribution in [2.75, 3.05) is 13.1 Å². The Hall–Kier alpha value is -0.980. The van der Waals surface area contributed by atoms with Crippen molar-refractivity contribution in [2.24, 2.45) is 0 Å². The second-order valence-corrected chi connectivity index (χ2v) is 6.17. The van der Waals surface area contributed by atoms with E-state index in [9.17, 15) is 12.8 Å². The number of nitrogens with one attached hydrogen (secondary N) is 2. The molecule has 1 aromatic rings. The number of hydrogen-bond acceptors (Lipinski definition) is 3. The molecule has 1 atom stereocenters. The van der Waals surface area contributed by atoms with Crippen LogP contribution in [0.15, 0.2) is 29.2 Å². The first-order valence-corrected chi connectivity index (χ1v) is 6.91. The fraction of sp³-hybridized carbons (Fsp3) is 0.455. The Bertz CT molecular complexity index is 510. The molecule has 94 valence electrons. The van der Waals surface area contributed by atoms with Gasteiger partial charge in [-0.3, -0.25) is 0 Å². The molecule has 1 aromatic carbocycles. The highest BCUT2D eigenvalue weighted by atomic mass is 32.2. The minimum atomic E-state index is -3.80. The maximum absolute atomic E-state index is 13.4. The zero-order valence-corrected chi connectivity index (χ0v) is 10.3. The summed E-state index contributed by atoms with van der Waals surface area (Å²) in [5.74, 6) is -0.727. The number of halogens is 1. The maximum atomic E-state index is 13.4. The van der Waals surface area contributed by atoms with Gasteiger partial charge in [0.05, 0.1) is 0 Å². The Balaban J connectivity index is 2.28. The van der Waals surface area contributed by atoms with E-state index in [1.54, 1.807) is 0 Å². The van der Waals surface area contributed by atoms with Crippen molar-refractivity contribution in [2.45, 2.75) is 23.8 Å². The predicted molar refractivity (Wildman–Crippen MR) is 62.6 cm³/mol. The van der Waals surface area contributed by atoms with E-state index in [4.69, 9.17) is 0 Å². The molecule has 0 bridgehead atoms. The van der Waals surface area contributed by atoms with Crippen molar-refractivity contribution in [1.29, 1.82) is 0 Å². The lowest BCUT2D eigenvalue weighted by atomic mass is 10.0. The van der Waals surface area contributed by atoms with Crippen LogP contribution in [0.5, 0.6) is 0 Å². The zero-order valence-electron chi connectivity index (χ0n) is 9.53. The Morgan fingerprint density at radius 3 is 2.71 bits per heavy atom. The van der Waals surface area contributed by atoms with E-state index in [1.807, 2.05) is 6.92 Å². The van der Waals surface area contributed by atoms with Crippen LogP contribution in [0.3, 0.4) is 0 Å². The van der Waals surface area contributed by atoms with Crippen LogP contribution in [-0.2, 0) is 10.0 Å². The van der Waals surface area contributed by atoms with Gasteiger partial charge in [0.25, 0.3) is 0 Å². The summed E-state index contributed by atoms with van der Waals surface area (Å²) in [6.07, 6.45) is 0.695. The highest BCUT2D eigenvalue weighted by Crippen LogP contribution is 2.20. The molecular formula is C11H15FN2O2S. The summed E-state index contributed by atoms with van der Waals surface area (Å²) in [5, 5.41) is 3.08. The molecule has 1 heterocycles. The minimum Gasteiger partial charge on any atom is -0.315 e. The molecule has 2 N–H and O–H groups in total. The monoisotopic (exact) mass is 258 g/mol. The van der Waals surface area contributed by atoms with Crippen LogP contribution >= 0.6 is 0 Å². The van der Waals surface area contributed by atoms with Crippen LogP contribution in [0.4, 0.5) is 4.39 Å². The highest BCUT2D eigenvalue weighted by molar-refractivity contribution is 7.89. The van der Waals surface area contributed by atoms with E-state index in [2.05, 4.69) is 10.0 Å². The van der Waals surface area contributed by atoms with Gasteiger partial charge in [-0.25, -0.2) is 17.5 Å². The van der Waals surface area contributed by atoms with Crippen LogP contribution in [0.1, 0.15) is 13.3 Å². The van der Waals surface area contributed by atoms with E-state index in [0.717, 1.165) is 12.6 Å². The fourth-order valence-electron chi connectivity index (χ4n) is 1.95. The maximum Gasteiger partial charge on any atom is 0.244 e. The summed E-state index contributed by atoms with van der Waals surface area (Å²) in [7, 11) is -3.80. The van der Waals surface area contributed by atoms with Gasteiger partial charge >= 0.3 is 0 Å². The molecule has 17 heavy (non-hydrogen) atoms. The summed E-state index contributed by atoms with van der Waals surface area (Å²) < 4.78 is 40.1. The Kier molecular flexibility index (Phi) is 3.20. The quantitative estimate of drug-likeness (QED) is 0.845. The predicted octanol–water partition coefficient (Wildman–Crippen LogP) is 0.856. The van der Waals surface area contributed by atoms with Crippen molar-refractivity contribution < 1.29 is 12.8 Å². The third-order valence-corrected chi connectivity index (χ3v) is 4.55. The van der Waals surface area contributed by atoms with Crippen LogP contribution in [0.2, 0.25) is 0 Å². The van der Waals surface area contributed by atoms with Gasteiger partial charge in [-0.2, -0.15) is 0 Å². The van der Waals surface area contributed by atoms with Crippen molar-refractivity contribution >= 4 is 10.0 Å². The normalized spacial score (nSPS) is 25.1. The number of benzene rings is 1. The van der Waals surface area contributed by atoms with E-state index in [-0.39, 0.29) is 4.90 Å². The third-order valence-electron chi connectivity index (χ3n) is 2.88. The molecule has 1 fully saturated rings. The van der Waals surface area contributed by atoms with Gasteiger partial charge in [-0.15, -0.1) is 0 Å². The first-order valence-electron chi connectivity index (χ1n) is 5.42. The topological polar surface area (TPSA) is 58.2 Å². The molecule has 0 radical (unpaired) electrons. The van der Waals surface area contributed by atoms with Gasteiger partial charge in [0.2, 0.25) is 10.0 Å². The van der Waals surface area contributed by atoms with Crippen LogP contribution in [0.25, 0.3) is 0 Å². The lowest BCUT2D eigenvalue weighted by Gasteiger charge is -2.24. The molecule has 6 heteroatoms. The molecule has 1 aliphatic heterocycles. The Morgan fingerprint density at radius 1 is 1.41 bits per heavy atom. The van der Waals surface area contributed by atoms with E-state index in [0.29, 0.717) is 13.0 Å². The SMILES string of the molecule is CC1(NS(=O)(=O)c2ccccc2F)CCNC1. The number of rotatable bonds is 3. The summed E-state index contributed by atoms with van der Waals surface area (Å²) >= 11 is 0. The Labute approximate surface area is 100 Å². The average Bonchev–Trinajstić information content (AvgIpc) is 2.64. The third kappa shape index (κ3) is 2.65. The first-order chi connectivity index (χ1) is 7.93. The number of hydrogen-bond donors (Lipinski definition) is 2. The van der Waals surface area contributed by atoms with Crippen molar-refractivity contribution in [1.82, 2.24) is 10.0 Å². The van der Waals surface area contributed by atoms with Gasteiger partial charge < -0.3 is 5.32 Å². The molecule has 0 saturated carbocycles. The molecular weight excluding hydrogens is 243 g/mol. The summed E-state index contributed by atoms with van der Waals surface area (Å²) in [5.41, 5.74) is -0.541. The standard InChI is InChI=1S/C11H15FN2O2S/c1-11(6-7-13-8-11)14-17(15,16)10-5-3-2-4-9(10)12/h2-5,13-14H,6-8H2,1H3. The smallest absolute Gasteiger partial charge is 0.244 e. The van der Waals surface area contributed by atoms with Gasteiger partial charge in [-0.1, -0.05) is 12.1 Å². The summed E-state index contributed by atoms with van der Waals surface area (Å²) in [6.45, 7) is 3.13. The molecule has 0 spiro atoms. The van der Waals surface area contributed by atoms with Crippen LogP contribution in [0, 0.1) is 5.82 Å². The molecule has 1 unspecified atom stereocenters. The zero-order chi connectivity index (χ0) is 12.5. The first kappa shape index (κ1) is 12.5. The fourth-order valence-corrected chi connectivity index (χ4v) is 3.46. The molecule has 2 rings (SSSR count). The lowest BCUT2D eigenvalue weighted by molar-refractivity contribution is 0.449. The van der Waals surface area contributed by atoms with Crippen molar-refractivity contribution in [3.05, 3.63) is 30.1 Å². The van der Waals surface area contributed by atoms with Crippen LogP contribution < -0.4 is 10.0 Å². The molecule has 1 saturated heterocycles. The van der Waals surface area contributed by atoms with Crippen molar-refractivity contribution in [3.8, 4) is 0 Å². The molecule has 0 amide bonds. The average molecular weight is 258 g/mol. The lowest BCUT2D eigenvalue weighted by Crippen LogP contribution is -2.47. The van der Waals surface area contributed by atoms with Crippen molar-refractivity contribution in [3.63, 3.8) is 0 Å². The summed E-state index contributed by atoms with van der Waals surface area (Å²) in [4.78, 5) is -0.298. The van der Waals surface area contributed by atoms with E-state index >= 15 is 0 Å². The highest BCUT2D eigenvalue weighted by Gasteiger charge is 2.34. The van der Waals surface area contributed by atoms with E-state index in [1.165, 1.54) is 18.2 Å². The van der Waals surface area contributed by atoms with Crippen LogP contribution in [-0.4, -0.2) is 27.0 Å². The van der Waals surface area contributed by atoms with Gasteiger partial charge in [0.15, 0.2) is 0 Å². The minimum absolute atomic E-state index is 0.298. The Morgan fingerprint density at radius 2 is 2.12 bits per heavy atom. The summed E-state index contributed by atoms with van der Waals surface area (Å²) in [6, 6.07) is 5.38. The van der Waals surface area contributed by atoms with Gasteiger partial charge in [0.1, 0.15) is 10.7 Å². The molecule has 4 nitrogen and oxygen atoms in total. The van der Waals surface area contributed by atoms with Gasteiger partial charge in [0, 0.05) is 12.1 Å². The molecule has 0 aromatic heterocycles. The number of sulfonamides is 1. The van der Waals surface area contributed by atoms with Gasteiger partial charge in [-0.05, 0) is 32.0 Å². The second-order valence-electron chi connectivity index (χ2n) is 4.52. The largest absolute Gasteiger partial charge is 0.315 e.